The van der Waals surface area contributed by atoms with Gasteiger partial charge in [-0.05, 0) is 6.42 Å². The fourth-order valence-electron chi connectivity index (χ4n) is 0.766. The lowest BCUT2D eigenvalue weighted by Gasteiger charge is -2.05. The molecular formula is C6H16N2O5S2. The fraction of sp³-hybridized carbons (Fsp3) is 1.00. The second kappa shape index (κ2) is 6.38. The third-order valence-electron chi connectivity index (χ3n) is 1.48. The van der Waals surface area contributed by atoms with E-state index >= 15 is 0 Å². The molecule has 0 rings (SSSR count). The van der Waals surface area contributed by atoms with Gasteiger partial charge in [-0.25, -0.2) is 26.7 Å². The van der Waals surface area contributed by atoms with Crippen molar-refractivity contribution in [3.05, 3.63) is 0 Å². The van der Waals surface area contributed by atoms with Gasteiger partial charge in [-0.3, -0.25) is 0 Å². The lowest BCUT2D eigenvalue weighted by molar-refractivity contribution is 0.217. The van der Waals surface area contributed by atoms with Crippen LogP contribution in [-0.4, -0.2) is 48.6 Å². The summed E-state index contributed by atoms with van der Waals surface area (Å²) in [6.07, 6.45) is 0.158. The molecule has 0 unspecified atom stereocenters. The summed E-state index contributed by atoms with van der Waals surface area (Å²) in [5, 5.41) is 4.74. The van der Waals surface area contributed by atoms with E-state index in [9.17, 15) is 16.8 Å². The van der Waals surface area contributed by atoms with E-state index in [1.54, 1.807) is 0 Å². The Bertz CT molecular complexity index is 361. The molecule has 0 saturated carbocycles. The summed E-state index contributed by atoms with van der Waals surface area (Å²) in [4.78, 5) is 0. The van der Waals surface area contributed by atoms with E-state index in [1.807, 2.05) is 0 Å². The van der Waals surface area contributed by atoms with E-state index in [2.05, 4.69) is 9.46 Å². The van der Waals surface area contributed by atoms with Gasteiger partial charge in [-0.2, -0.15) is 0 Å². The molecule has 9 heteroatoms. The average Bonchev–Trinajstić information content (AvgIpc) is 2.08. The number of hydrogen-bond acceptors (Lipinski definition) is 5. The van der Waals surface area contributed by atoms with Gasteiger partial charge in [0.1, 0.15) is 0 Å². The lowest BCUT2D eigenvalue weighted by Crippen LogP contribution is -2.30. The van der Waals surface area contributed by atoms with Crippen LogP contribution >= 0.6 is 0 Å². The molecule has 0 spiro atoms. The van der Waals surface area contributed by atoms with Crippen molar-refractivity contribution < 1.29 is 21.6 Å². The number of hydrogen-bond donors (Lipinski definition) is 2. The minimum absolute atomic E-state index is 0.0580. The summed E-state index contributed by atoms with van der Waals surface area (Å²) >= 11 is 0. The molecule has 92 valence electrons. The first-order valence-corrected chi connectivity index (χ1v) is 7.60. The lowest BCUT2D eigenvalue weighted by atomic mass is 10.5. The molecular weight excluding hydrogens is 244 g/mol. The van der Waals surface area contributed by atoms with Crippen LogP contribution in [0.4, 0.5) is 0 Å². The Morgan fingerprint density at radius 3 is 2.27 bits per heavy atom. The molecule has 0 bridgehead atoms. The summed E-state index contributed by atoms with van der Waals surface area (Å²) in [7, 11) is -5.49. The molecule has 0 aliphatic heterocycles. The first-order valence-electron chi connectivity index (χ1n) is 4.23. The Hall–Kier alpha value is -0.220. The minimum atomic E-state index is -3.52. The van der Waals surface area contributed by atoms with Crippen molar-refractivity contribution in [2.24, 2.45) is 5.14 Å². The highest BCUT2D eigenvalue weighted by Crippen LogP contribution is 1.88. The van der Waals surface area contributed by atoms with Crippen LogP contribution < -0.4 is 9.86 Å². The first-order chi connectivity index (χ1) is 6.77. The summed E-state index contributed by atoms with van der Waals surface area (Å²) in [6.45, 7) is 0.160. The summed E-state index contributed by atoms with van der Waals surface area (Å²) in [6, 6.07) is 0. The molecule has 7 nitrogen and oxygen atoms in total. The molecule has 0 heterocycles. The highest BCUT2D eigenvalue weighted by molar-refractivity contribution is 7.89. The highest BCUT2D eigenvalue weighted by Gasteiger charge is 2.09. The molecule has 0 aromatic rings. The van der Waals surface area contributed by atoms with Crippen molar-refractivity contribution in [2.75, 3.05) is 31.8 Å². The number of primary sulfonamides is 1. The average molecular weight is 260 g/mol. The number of rotatable bonds is 8. The third-order valence-corrected chi connectivity index (χ3v) is 3.69. The molecule has 0 atom stereocenters. The minimum Gasteiger partial charge on any atom is -0.384 e. The molecule has 0 aromatic heterocycles. The normalized spacial score (nSPS) is 12.9. The zero-order chi connectivity index (χ0) is 11.9. The van der Waals surface area contributed by atoms with Gasteiger partial charge in [0.05, 0.1) is 18.1 Å². The Kier molecular flexibility index (Phi) is 6.29. The predicted octanol–water partition coefficient (Wildman–Crippen LogP) is -1.77. The summed E-state index contributed by atoms with van der Waals surface area (Å²) < 4.78 is 50.1. The van der Waals surface area contributed by atoms with E-state index < -0.39 is 20.0 Å². The number of methoxy groups -OCH3 is 1. The number of nitrogens with one attached hydrogen (secondary N) is 1. The Morgan fingerprint density at radius 2 is 1.80 bits per heavy atom. The Balaban J connectivity index is 3.76. The van der Waals surface area contributed by atoms with Crippen molar-refractivity contribution in [3.63, 3.8) is 0 Å². The van der Waals surface area contributed by atoms with Crippen LogP contribution in [0, 0.1) is 0 Å². The maximum Gasteiger partial charge on any atom is 0.213 e. The van der Waals surface area contributed by atoms with Gasteiger partial charge < -0.3 is 4.74 Å². The van der Waals surface area contributed by atoms with Gasteiger partial charge >= 0.3 is 0 Å². The SMILES string of the molecule is COCCS(=O)(=O)NCCCS(N)(=O)=O. The van der Waals surface area contributed by atoms with E-state index in [0.717, 1.165) is 0 Å². The van der Waals surface area contributed by atoms with E-state index in [1.165, 1.54) is 7.11 Å². The molecule has 0 aliphatic carbocycles. The molecule has 0 aliphatic rings. The van der Waals surface area contributed by atoms with Crippen LogP contribution in [0.5, 0.6) is 0 Å². The van der Waals surface area contributed by atoms with Gasteiger partial charge in [0, 0.05) is 13.7 Å². The molecule has 0 saturated heterocycles. The standard InChI is InChI=1S/C6H16N2O5S2/c1-13-4-6-15(11,12)8-3-2-5-14(7,9)10/h8H,2-6H2,1H3,(H2,7,9,10). The second-order valence-corrected chi connectivity index (χ2v) is 6.59. The molecule has 15 heavy (non-hydrogen) atoms. The summed E-state index contributed by atoms with van der Waals surface area (Å²) in [5.41, 5.74) is 0. The smallest absolute Gasteiger partial charge is 0.213 e. The zero-order valence-corrected chi connectivity index (χ0v) is 10.1. The Morgan fingerprint density at radius 1 is 1.20 bits per heavy atom. The van der Waals surface area contributed by atoms with Gasteiger partial charge in [0.15, 0.2) is 0 Å². The van der Waals surface area contributed by atoms with E-state index in [-0.39, 0.29) is 31.1 Å². The van der Waals surface area contributed by atoms with E-state index in [4.69, 9.17) is 5.14 Å². The van der Waals surface area contributed by atoms with Gasteiger partial charge in [0.25, 0.3) is 0 Å². The molecule has 0 fully saturated rings. The summed E-state index contributed by atoms with van der Waals surface area (Å²) in [5.74, 6) is -0.376. The van der Waals surface area contributed by atoms with Crippen LogP contribution in [0.15, 0.2) is 0 Å². The van der Waals surface area contributed by atoms with Crippen molar-refractivity contribution >= 4 is 20.0 Å². The first kappa shape index (κ1) is 14.8. The number of nitrogens with two attached hydrogens (primary N) is 1. The van der Waals surface area contributed by atoms with Crippen LogP contribution in [0.25, 0.3) is 0 Å². The quantitative estimate of drug-likeness (QED) is 0.501. The second-order valence-electron chi connectivity index (χ2n) is 2.93. The van der Waals surface area contributed by atoms with E-state index in [0.29, 0.717) is 0 Å². The van der Waals surface area contributed by atoms with Gasteiger partial charge in [0.2, 0.25) is 20.0 Å². The van der Waals surface area contributed by atoms with Crippen LogP contribution in [0.3, 0.4) is 0 Å². The maximum atomic E-state index is 11.1. The topological polar surface area (TPSA) is 116 Å². The number of ether oxygens (including phenoxy) is 1. The zero-order valence-electron chi connectivity index (χ0n) is 8.47. The van der Waals surface area contributed by atoms with Crippen LogP contribution in [0.1, 0.15) is 6.42 Å². The van der Waals surface area contributed by atoms with Crippen molar-refractivity contribution in [3.8, 4) is 0 Å². The van der Waals surface area contributed by atoms with Crippen molar-refractivity contribution in [1.82, 2.24) is 4.72 Å². The predicted molar refractivity (Wildman–Crippen MR) is 56.3 cm³/mol. The highest BCUT2D eigenvalue weighted by atomic mass is 32.2. The van der Waals surface area contributed by atoms with Crippen molar-refractivity contribution in [2.45, 2.75) is 6.42 Å². The molecule has 0 amide bonds. The molecule has 0 radical (unpaired) electrons. The van der Waals surface area contributed by atoms with Gasteiger partial charge in [-0.15, -0.1) is 0 Å². The van der Waals surface area contributed by atoms with Crippen molar-refractivity contribution in [1.29, 1.82) is 0 Å². The van der Waals surface area contributed by atoms with Gasteiger partial charge in [-0.1, -0.05) is 0 Å². The van der Waals surface area contributed by atoms with Crippen LogP contribution in [0.2, 0.25) is 0 Å². The number of sulfonamides is 2. The fourth-order valence-corrected chi connectivity index (χ4v) is 2.30. The maximum absolute atomic E-state index is 11.1. The largest absolute Gasteiger partial charge is 0.384 e. The van der Waals surface area contributed by atoms with Crippen LogP contribution in [-0.2, 0) is 24.8 Å². The third kappa shape index (κ3) is 10.1. The molecule has 3 N–H and O–H groups in total. The Labute approximate surface area is 90.1 Å². The monoisotopic (exact) mass is 260 g/mol. The molecule has 0 aromatic carbocycles.